The van der Waals surface area contributed by atoms with Crippen molar-refractivity contribution >= 4 is 6.29 Å². The van der Waals surface area contributed by atoms with Crippen LogP contribution in [0.25, 0.3) is 0 Å². The van der Waals surface area contributed by atoms with Gasteiger partial charge in [-0.2, -0.15) is 0 Å². The van der Waals surface area contributed by atoms with E-state index in [4.69, 9.17) is 5.11 Å². The normalized spacial score (nSPS) is 10.0. The molecule has 0 saturated carbocycles. The lowest BCUT2D eigenvalue weighted by molar-refractivity contribution is -0.107. The second kappa shape index (κ2) is 3.98. The summed E-state index contributed by atoms with van der Waals surface area (Å²) < 4.78 is 25.5. The summed E-state index contributed by atoms with van der Waals surface area (Å²) in [5, 5.41) is 8.85. The number of halogens is 2. The third kappa shape index (κ3) is 2.02. The summed E-state index contributed by atoms with van der Waals surface area (Å²) in [6.45, 7) is 0. The van der Waals surface area contributed by atoms with Gasteiger partial charge in [-0.15, -0.1) is 0 Å². The van der Waals surface area contributed by atoms with Crippen LogP contribution in [0.3, 0.4) is 0 Å². The molecule has 4 heteroatoms. The van der Waals surface area contributed by atoms with Crippen LogP contribution in [0.15, 0.2) is 12.1 Å². The zero-order valence-electron chi connectivity index (χ0n) is 6.76. The molecule has 0 spiro atoms. The fraction of sp³-hybridized carbons (Fsp3) is 0.222. The smallest absolute Gasteiger partial charge is 0.188 e. The van der Waals surface area contributed by atoms with Crippen LogP contribution in [0.1, 0.15) is 12.0 Å². The van der Waals surface area contributed by atoms with E-state index in [0.29, 0.717) is 6.29 Å². The van der Waals surface area contributed by atoms with Crippen LogP contribution < -0.4 is 0 Å². The van der Waals surface area contributed by atoms with Crippen LogP contribution in [0.4, 0.5) is 8.78 Å². The second-order valence-electron chi connectivity index (χ2n) is 2.57. The molecule has 70 valence electrons. The third-order valence-corrected chi connectivity index (χ3v) is 1.68. The minimum atomic E-state index is -0.993. The summed E-state index contributed by atoms with van der Waals surface area (Å²) in [7, 11) is 0. The zero-order chi connectivity index (χ0) is 9.84. The summed E-state index contributed by atoms with van der Waals surface area (Å²) in [5.74, 6) is -2.96. The predicted octanol–water partition coefficient (Wildman–Crippen LogP) is 1.80. The van der Waals surface area contributed by atoms with E-state index < -0.39 is 17.4 Å². The van der Waals surface area contributed by atoms with Gasteiger partial charge in [0.15, 0.2) is 17.4 Å². The number of phenols is 1. The summed E-state index contributed by atoms with van der Waals surface area (Å²) in [5.41, 5.74) is 0.144. The Bertz CT molecular complexity index is 324. The number of benzene rings is 1. The molecule has 0 atom stereocenters. The molecule has 0 aliphatic carbocycles. The van der Waals surface area contributed by atoms with E-state index in [-0.39, 0.29) is 18.4 Å². The Balaban J connectivity index is 2.96. The molecule has 0 aliphatic heterocycles. The van der Waals surface area contributed by atoms with Crippen molar-refractivity contribution in [1.29, 1.82) is 0 Å². The monoisotopic (exact) mass is 186 g/mol. The van der Waals surface area contributed by atoms with Crippen molar-refractivity contribution in [1.82, 2.24) is 0 Å². The Morgan fingerprint density at radius 2 is 2.08 bits per heavy atom. The van der Waals surface area contributed by atoms with Crippen molar-refractivity contribution in [3.63, 3.8) is 0 Å². The van der Waals surface area contributed by atoms with Crippen molar-refractivity contribution in [2.45, 2.75) is 12.8 Å². The van der Waals surface area contributed by atoms with Gasteiger partial charge in [0, 0.05) is 6.42 Å². The maximum atomic E-state index is 13.0. The molecule has 0 saturated heterocycles. The van der Waals surface area contributed by atoms with Crippen molar-refractivity contribution in [2.24, 2.45) is 0 Å². The number of hydrogen-bond acceptors (Lipinski definition) is 2. The topological polar surface area (TPSA) is 37.3 Å². The van der Waals surface area contributed by atoms with Gasteiger partial charge in [0.2, 0.25) is 0 Å². The molecule has 1 N–H and O–H groups in total. The molecule has 1 rings (SSSR count). The zero-order valence-corrected chi connectivity index (χ0v) is 6.76. The van der Waals surface area contributed by atoms with Gasteiger partial charge in [0.1, 0.15) is 6.29 Å². The molecule has 0 fully saturated rings. The molecule has 0 amide bonds. The van der Waals surface area contributed by atoms with Gasteiger partial charge >= 0.3 is 0 Å². The average Bonchev–Trinajstić information content (AvgIpc) is 2.13. The van der Waals surface area contributed by atoms with Gasteiger partial charge in [-0.1, -0.05) is 6.07 Å². The highest BCUT2D eigenvalue weighted by Crippen LogP contribution is 2.23. The summed E-state index contributed by atoms with van der Waals surface area (Å²) >= 11 is 0. The number of aromatic hydroxyl groups is 1. The van der Waals surface area contributed by atoms with E-state index in [0.717, 1.165) is 6.07 Å². The lowest BCUT2D eigenvalue weighted by atomic mass is 10.1. The summed E-state index contributed by atoms with van der Waals surface area (Å²) in [6, 6.07) is 2.19. The first-order valence-corrected chi connectivity index (χ1v) is 3.76. The quantitative estimate of drug-likeness (QED) is 0.731. The fourth-order valence-electron chi connectivity index (χ4n) is 0.990. The summed E-state index contributed by atoms with van der Waals surface area (Å²) in [6.07, 6.45) is 0.963. The number of phenolic OH excluding ortho intramolecular Hbond substituents is 1. The minimum Gasteiger partial charge on any atom is -0.503 e. The van der Waals surface area contributed by atoms with Crippen LogP contribution in [0.2, 0.25) is 0 Å². The van der Waals surface area contributed by atoms with Crippen molar-refractivity contribution < 1.29 is 18.7 Å². The Kier molecular flexibility index (Phi) is 2.95. The van der Waals surface area contributed by atoms with E-state index in [1.807, 2.05) is 0 Å². The molecule has 0 unspecified atom stereocenters. The highest BCUT2D eigenvalue weighted by atomic mass is 19.1. The van der Waals surface area contributed by atoms with Crippen molar-refractivity contribution in [3.8, 4) is 5.75 Å². The lowest BCUT2D eigenvalue weighted by Gasteiger charge is -2.02. The van der Waals surface area contributed by atoms with E-state index >= 15 is 0 Å². The molecule has 1 aromatic rings. The fourth-order valence-corrected chi connectivity index (χ4v) is 0.990. The first kappa shape index (κ1) is 9.64. The van der Waals surface area contributed by atoms with Gasteiger partial charge in [-0.25, -0.2) is 8.78 Å². The molecule has 0 aliphatic rings. The molecule has 0 aromatic heterocycles. The molecule has 13 heavy (non-hydrogen) atoms. The molecule has 0 radical (unpaired) electrons. The standard InChI is InChI=1S/C9H8F2O2/c10-7-4-3-6(2-1-5-12)8(11)9(7)13/h3-5,13H,1-2H2. The Hall–Kier alpha value is -1.45. The SMILES string of the molecule is O=CCCc1ccc(F)c(O)c1F. The van der Waals surface area contributed by atoms with Crippen LogP contribution >= 0.6 is 0 Å². The van der Waals surface area contributed by atoms with Gasteiger partial charge in [0.05, 0.1) is 0 Å². The Morgan fingerprint density at radius 3 is 2.69 bits per heavy atom. The Labute approximate surface area is 73.8 Å². The van der Waals surface area contributed by atoms with Gasteiger partial charge in [-0.3, -0.25) is 0 Å². The second-order valence-corrected chi connectivity index (χ2v) is 2.57. The lowest BCUT2D eigenvalue weighted by Crippen LogP contribution is -1.93. The third-order valence-electron chi connectivity index (χ3n) is 1.68. The van der Waals surface area contributed by atoms with Crippen LogP contribution in [-0.4, -0.2) is 11.4 Å². The number of rotatable bonds is 3. The highest BCUT2D eigenvalue weighted by Gasteiger charge is 2.11. The number of hydrogen-bond donors (Lipinski definition) is 1. The predicted molar refractivity (Wildman–Crippen MR) is 42.4 cm³/mol. The molecule has 0 heterocycles. The highest BCUT2D eigenvalue weighted by molar-refractivity contribution is 5.50. The van der Waals surface area contributed by atoms with Crippen LogP contribution in [-0.2, 0) is 11.2 Å². The largest absolute Gasteiger partial charge is 0.503 e. The number of aldehydes is 1. The van der Waals surface area contributed by atoms with Gasteiger partial charge < -0.3 is 9.90 Å². The van der Waals surface area contributed by atoms with Gasteiger partial charge in [-0.05, 0) is 18.1 Å². The van der Waals surface area contributed by atoms with Crippen molar-refractivity contribution in [2.75, 3.05) is 0 Å². The van der Waals surface area contributed by atoms with Gasteiger partial charge in [0.25, 0.3) is 0 Å². The molecule has 0 bridgehead atoms. The van der Waals surface area contributed by atoms with E-state index in [1.54, 1.807) is 0 Å². The van der Waals surface area contributed by atoms with Crippen LogP contribution in [0.5, 0.6) is 5.75 Å². The minimum absolute atomic E-state index is 0.144. The van der Waals surface area contributed by atoms with E-state index in [2.05, 4.69) is 0 Å². The van der Waals surface area contributed by atoms with Crippen LogP contribution in [0, 0.1) is 11.6 Å². The maximum absolute atomic E-state index is 13.0. The molecular weight excluding hydrogens is 178 g/mol. The van der Waals surface area contributed by atoms with E-state index in [1.165, 1.54) is 6.07 Å². The maximum Gasteiger partial charge on any atom is 0.188 e. The first-order valence-electron chi connectivity index (χ1n) is 3.76. The number of aryl methyl sites for hydroxylation is 1. The number of carbonyl (C=O) groups excluding carboxylic acids is 1. The molecular formula is C9H8F2O2. The summed E-state index contributed by atoms with van der Waals surface area (Å²) in [4.78, 5) is 9.98. The number of carbonyl (C=O) groups is 1. The molecule has 2 nitrogen and oxygen atoms in total. The van der Waals surface area contributed by atoms with E-state index in [9.17, 15) is 13.6 Å². The molecule has 1 aromatic carbocycles. The average molecular weight is 186 g/mol. The van der Waals surface area contributed by atoms with Crippen molar-refractivity contribution in [3.05, 3.63) is 29.3 Å². The first-order chi connectivity index (χ1) is 6.16. The Morgan fingerprint density at radius 1 is 1.38 bits per heavy atom.